The molecule has 0 aromatic heterocycles. The molecule has 3 radical (unpaired) electrons. The number of hydrogen-bond donors (Lipinski definition) is 0. The van der Waals surface area contributed by atoms with Crippen molar-refractivity contribution in [2.45, 2.75) is 83.7 Å². The van der Waals surface area contributed by atoms with Crippen molar-refractivity contribution in [3.63, 3.8) is 0 Å². The van der Waals surface area contributed by atoms with E-state index in [1.54, 1.807) is 0 Å². The van der Waals surface area contributed by atoms with Crippen molar-refractivity contribution in [1.29, 1.82) is 0 Å². The van der Waals surface area contributed by atoms with Gasteiger partial charge in [-0.25, -0.2) is 0 Å². The minimum absolute atomic E-state index is 0.192. The Kier molecular flexibility index (Phi) is 8.96. The van der Waals surface area contributed by atoms with Crippen LogP contribution in [-0.4, -0.2) is 32.8 Å². The molecule has 0 aromatic carbocycles. The van der Waals surface area contributed by atoms with Crippen molar-refractivity contribution < 1.29 is 8.85 Å². The third-order valence-electron chi connectivity index (χ3n) is 4.58. The van der Waals surface area contributed by atoms with E-state index in [4.69, 9.17) is 8.85 Å². The molecule has 0 N–H and O–H groups in total. The lowest BCUT2D eigenvalue weighted by atomic mass is 10.9. The molecule has 18 heavy (non-hydrogen) atoms. The number of rotatable bonds is 10. The second-order valence-electron chi connectivity index (χ2n) is 5.05. The molecule has 0 bridgehead atoms. The minimum atomic E-state index is -1.57. The van der Waals surface area contributed by atoms with Crippen molar-refractivity contribution in [3.05, 3.63) is 0 Å². The predicted molar refractivity (Wildman–Crippen MR) is 86.1 cm³/mol. The topological polar surface area (TPSA) is 18.5 Å². The highest BCUT2D eigenvalue weighted by Gasteiger charge is 2.35. The fraction of sp³-hybridized carbons (Fsp3) is 1.00. The van der Waals surface area contributed by atoms with E-state index in [9.17, 15) is 0 Å². The van der Waals surface area contributed by atoms with Crippen molar-refractivity contribution >= 4 is 26.9 Å². The molecule has 0 fully saturated rings. The summed E-state index contributed by atoms with van der Waals surface area (Å²) in [5.41, 5.74) is 0. The second-order valence-corrected chi connectivity index (χ2v) is 15.0. The van der Waals surface area contributed by atoms with Crippen LogP contribution in [0.1, 0.15) is 41.5 Å². The van der Waals surface area contributed by atoms with Gasteiger partial charge >= 0.3 is 0 Å². The molecule has 0 rings (SSSR count). The molecule has 107 valence electrons. The lowest BCUT2D eigenvalue weighted by molar-refractivity contribution is 0.0565. The Morgan fingerprint density at radius 3 is 1.06 bits per heavy atom. The smallest absolute Gasteiger partial charge is 0.194 e. The maximum Gasteiger partial charge on any atom is 0.194 e. The molecular weight excluding hydrogens is 272 g/mol. The Hall–Kier alpha value is 0.571. The van der Waals surface area contributed by atoms with E-state index < -0.39 is 16.6 Å². The monoisotopic (exact) mass is 303 g/mol. The van der Waals surface area contributed by atoms with Crippen LogP contribution in [0.3, 0.4) is 0 Å². The lowest BCUT2D eigenvalue weighted by Gasteiger charge is -2.37. The fourth-order valence-electron chi connectivity index (χ4n) is 2.48. The largest absolute Gasteiger partial charge is 0.397 e. The van der Waals surface area contributed by atoms with Crippen LogP contribution in [0.25, 0.3) is 0 Å². The van der Waals surface area contributed by atoms with Gasteiger partial charge in [0.1, 0.15) is 16.2 Å². The van der Waals surface area contributed by atoms with Gasteiger partial charge in [0.2, 0.25) is 0 Å². The predicted octanol–water partition coefficient (Wildman–Crippen LogP) is 4.48. The summed E-state index contributed by atoms with van der Waals surface area (Å²) in [4.78, 5) is 0. The van der Waals surface area contributed by atoms with Gasteiger partial charge in [0.05, 0.1) is 0 Å². The summed E-state index contributed by atoms with van der Waals surface area (Å²) >= 11 is 0. The van der Waals surface area contributed by atoms with Gasteiger partial charge < -0.3 is 8.85 Å². The van der Waals surface area contributed by atoms with Gasteiger partial charge in [-0.1, -0.05) is 41.5 Å². The van der Waals surface area contributed by atoms with E-state index >= 15 is 0 Å². The Labute approximate surface area is 120 Å². The third kappa shape index (κ3) is 4.92. The van der Waals surface area contributed by atoms with Crippen molar-refractivity contribution in [2.24, 2.45) is 0 Å². The van der Waals surface area contributed by atoms with Gasteiger partial charge in [-0.3, -0.25) is 0 Å². The summed E-state index contributed by atoms with van der Waals surface area (Å²) in [6.45, 7) is 13.5. The lowest BCUT2D eigenvalue weighted by Crippen LogP contribution is -2.47. The van der Waals surface area contributed by atoms with E-state index in [2.05, 4.69) is 51.8 Å². The van der Waals surface area contributed by atoms with Gasteiger partial charge in [0.15, 0.2) is 16.6 Å². The van der Waals surface area contributed by atoms with Crippen molar-refractivity contribution in [3.8, 4) is 0 Å². The van der Waals surface area contributed by atoms with Gasteiger partial charge in [-0.05, 0) is 36.3 Å². The summed E-state index contributed by atoms with van der Waals surface area (Å²) in [5.74, 6) is -0.192. The Balaban J connectivity index is 4.61. The highest BCUT2D eigenvalue weighted by Crippen LogP contribution is 2.27. The first-order valence-electron chi connectivity index (χ1n) is 7.53. The average Bonchev–Trinajstić information content (AvgIpc) is 2.42. The molecule has 0 aromatic rings. The quantitative estimate of drug-likeness (QED) is 0.437. The molecular formula is C13H31O2Si3. The molecule has 5 heteroatoms. The number of hydrogen-bond acceptors (Lipinski definition) is 2. The molecule has 0 heterocycles. The Morgan fingerprint density at radius 2 is 0.889 bits per heavy atom. The first kappa shape index (κ1) is 18.6. The highest BCUT2D eigenvalue weighted by atomic mass is 28.4. The molecule has 0 saturated carbocycles. The van der Waals surface area contributed by atoms with Crippen LogP contribution in [0.5, 0.6) is 0 Å². The normalized spacial score (nSPS) is 13.3. The molecule has 0 aliphatic heterocycles. The van der Waals surface area contributed by atoms with Crippen molar-refractivity contribution in [2.75, 3.05) is 0 Å². The summed E-state index contributed by atoms with van der Waals surface area (Å²) in [6, 6.07) is 7.02. The van der Waals surface area contributed by atoms with Crippen LogP contribution >= 0.6 is 0 Å². The summed E-state index contributed by atoms with van der Waals surface area (Å²) < 4.78 is 12.6. The van der Waals surface area contributed by atoms with Gasteiger partial charge in [0.25, 0.3) is 0 Å². The third-order valence-corrected chi connectivity index (χ3v) is 14.4. The standard InChI is InChI=1S/C13H31O2Si3/c1-7-17(8-2,9-3)14-13(16)15-18(10-4,11-5)12-6/h13H,7-12H2,1-6H3. The molecule has 0 aliphatic rings. The highest BCUT2D eigenvalue weighted by molar-refractivity contribution is 6.75. The molecule has 2 nitrogen and oxygen atoms in total. The summed E-state index contributed by atoms with van der Waals surface area (Å²) in [7, 11) is 0.535. The van der Waals surface area contributed by atoms with Crippen LogP contribution in [0.2, 0.25) is 36.3 Å². The van der Waals surface area contributed by atoms with Gasteiger partial charge in [-0.15, -0.1) is 0 Å². The van der Waals surface area contributed by atoms with Crippen molar-refractivity contribution in [1.82, 2.24) is 0 Å². The summed E-state index contributed by atoms with van der Waals surface area (Å²) in [5, 5.41) is 0. The molecule has 0 spiro atoms. The van der Waals surface area contributed by atoms with Crippen LogP contribution < -0.4 is 0 Å². The fourth-order valence-corrected chi connectivity index (χ4v) is 9.08. The SMILES string of the molecule is CC[Si](CC)(CC)OC([Si])O[Si](CC)(CC)CC. The molecule has 0 amide bonds. The van der Waals surface area contributed by atoms with Crippen LogP contribution in [0.15, 0.2) is 0 Å². The van der Waals surface area contributed by atoms with Crippen LogP contribution in [0.4, 0.5) is 0 Å². The van der Waals surface area contributed by atoms with E-state index in [0.29, 0.717) is 0 Å². The minimum Gasteiger partial charge on any atom is -0.397 e. The zero-order valence-electron chi connectivity index (χ0n) is 13.1. The zero-order chi connectivity index (χ0) is 14.2. The first-order chi connectivity index (χ1) is 8.46. The zero-order valence-corrected chi connectivity index (χ0v) is 16.1. The van der Waals surface area contributed by atoms with Crippen LogP contribution in [0, 0.1) is 0 Å². The molecule has 0 saturated heterocycles. The van der Waals surface area contributed by atoms with Crippen LogP contribution in [-0.2, 0) is 8.85 Å². The molecule has 0 aliphatic carbocycles. The Morgan fingerprint density at radius 1 is 0.667 bits per heavy atom. The van der Waals surface area contributed by atoms with E-state index in [1.165, 1.54) is 36.3 Å². The summed E-state index contributed by atoms with van der Waals surface area (Å²) in [6.07, 6.45) is 0. The van der Waals surface area contributed by atoms with E-state index in [0.717, 1.165) is 0 Å². The first-order valence-corrected chi connectivity index (χ1v) is 13.2. The maximum atomic E-state index is 6.31. The Bertz CT molecular complexity index is 178. The van der Waals surface area contributed by atoms with E-state index in [1.807, 2.05) is 0 Å². The maximum absolute atomic E-state index is 6.31. The van der Waals surface area contributed by atoms with Gasteiger partial charge in [0, 0.05) is 0 Å². The molecule has 0 atom stereocenters. The second kappa shape index (κ2) is 8.68. The molecule has 0 unspecified atom stereocenters. The van der Waals surface area contributed by atoms with Gasteiger partial charge in [-0.2, -0.15) is 0 Å². The average molecular weight is 304 g/mol. The van der Waals surface area contributed by atoms with E-state index in [-0.39, 0.29) is 5.91 Å².